The zero-order valence-electron chi connectivity index (χ0n) is 10.7. The SMILES string of the molecule is C/C=C/C=C(/CNC(=O)OC(C)(C)C)OC. The lowest BCUT2D eigenvalue weighted by molar-refractivity contribution is 0.0525. The molecule has 1 N–H and O–H groups in total. The molecule has 0 fully saturated rings. The number of methoxy groups -OCH3 is 1. The van der Waals surface area contributed by atoms with Crippen molar-refractivity contribution in [3.8, 4) is 0 Å². The molecule has 92 valence electrons. The second-order valence-corrected chi connectivity index (χ2v) is 4.22. The molecule has 0 saturated carbocycles. The van der Waals surface area contributed by atoms with Crippen LogP contribution >= 0.6 is 0 Å². The standard InChI is InChI=1S/C12H21NO3/c1-6-7-8-10(15-5)9-13-11(14)16-12(2,3)4/h6-8H,9H2,1-5H3,(H,13,14)/b7-6+,10-8-. The topological polar surface area (TPSA) is 47.6 Å². The van der Waals surface area contributed by atoms with E-state index in [1.165, 1.54) is 0 Å². The molecule has 0 aliphatic heterocycles. The average Bonchev–Trinajstić information content (AvgIpc) is 2.15. The van der Waals surface area contributed by atoms with E-state index in [2.05, 4.69) is 5.32 Å². The van der Waals surface area contributed by atoms with E-state index in [0.717, 1.165) is 0 Å². The minimum atomic E-state index is -0.482. The molecule has 0 atom stereocenters. The Morgan fingerprint density at radius 3 is 2.44 bits per heavy atom. The van der Waals surface area contributed by atoms with Gasteiger partial charge in [0.1, 0.15) is 11.4 Å². The van der Waals surface area contributed by atoms with E-state index in [-0.39, 0.29) is 0 Å². The van der Waals surface area contributed by atoms with Gasteiger partial charge in [-0.05, 0) is 33.8 Å². The van der Waals surface area contributed by atoms with Crippen LogP contribution in [-0.4, -0.2) is 25.3 Å². The fourth-order valence-corrected chi connectivity index (χ4v) is 0.876. The van der Waals surface area contributed by atoms with E-state index in [4.69, 9.17) is 9.47 Å². The highest BCUT2D eigenvalue weighted by Gasteiger charge is 2.15. The van der Waals surface area contributed by atoms with Gasteiger partial charge in [-0.3, -0.25) is 0 Å². The van der Waals surface area contributed by atoms with Crippen LogP contribution in [0.25, 0.3) is 0 Å². The van der Waals surface area contributed by atoms with E-state index < -0.39 is 11.7 Å². The van der Waals surface area contributed by atoms with Crippen molar-refractivity contribution in [2.75, 3.05) is 13.7 Å². The molecular formula is C12H21NO3. The number of hydrogen-bond donors (Lipinski definition) is 1. The number of carbonyl (C=O) groups is 1. The maximum atomic E-state index is 11.3. The first-order valence-electron chi connectivity index (χ1n) is 5.21. The number of ether oxygens (including phenoxy) is 2. The van der Waals surface area contributed by atoms with Crippen molar-refractivity contribution >= 4 is 6.09 Å². The molecule has 0 heterocycles. The van der Waals surface area contributed by atoms with Crippen molar-refractivity contribution in [1.82, 2.24) is 5.32 Å². The van der Waals surface area contributed by atoms with Crippen molar-refractivity contribution in [2.24, 2.45) is 0 Å². The zero-order valence-corrected chi connectivity index (χ0v) is 10.7. The van der Waals surface area contributed by atoms with Crippen LogP contribution in [0.5, 0.6) is 0 Å². The van der Waals surface area contributed by atoms with E-state index in [1.54, 1.807) is 13.2 Å². The van der Waals surface area contributed by atoms with Crippen LogP contribution < -0.4 is 5.32 Å². The van der Waals surface area contributed by atoms with Gasteiger partial charge >= 0.3 is 6.09 Å². The maximum absolute atomic E-state index is 11.3. The van der Waals surface area contributed by atoms with Gasteiger partial charge in [-0.2, -0.15) is 0 Å². The molecular weight excluding hydrogens is 206 g/mol. The third-order valence-corrected chi connectivity index (χ3v) is 1.54. The number of allylic oxidation sites excluding steroid dienone is 3. The Hall–Kier alpha value is -1.45. The molecule has 0 spiro atoms. The van der Waals surface area contributed by atoms with Crippen LogP contribution in [0.4, 0.5) is 4.79 Å². The van der Waals surface area contributed by atoms with Crippen LogP contribution in [0.15, 0.2) is 24.0 Å². The van der Waals surface area contributed by atoms with Gasteiger partial charge in [-0.1, -0.05) is 12.2 Å². The quantitative estimate of drug-likeness (QED) is 0.593. The van der Waals surface area contributed by atoms with E-state index in [1.807, 2.05) is 39.8 Å². The molecule has 1 amide bonds. The molecule has 0 unspecified atom stereocenters. The average molecular weight is 227 g/mol. The highest BCUT2D eigenvalue weighted by atomic mass is 16.6. The lowest BCUT2D eigenvalue weighted by Crippen LogP contribution is -2.33. The second-order valence-electron chi connectivity index (χ2n) is 4.22. The minimum Gasteiger partial charge on any atom is -0.499 e. The van der Waals surface area contributed by atoms with Crippen LogP contribution in [0.1, 0.15) is 27.7 Å². The first-order valence-corrected chi connectivity index (χ1v) is 5.21. The Balaban J connectivity index is 4.08. The Morgan fingerprint density at radius 2 is 2.00 bits per heavy atom. The summed E-state index contributed by atoms with van der Waals surface area (Å²) in [7, 11) is 1.56. The van der Waals surface area contributed by atoms with Crippen molar-refractivity contribution in [1.29, 1.82) is 0 Å². The van der Waals surface area contributed by atoms with Crippen LogP contribution in [-0.2, 0) is 9.47 Å². The first-order chi connectivity index (χ1) is 7.39. The van der Waals surface area contributed by atoms with Gasteiger partial charge in [0.2, 0.25) is 0 Å². The third-order valence-electron chi connectivity index (χ3n) is 1.54. The number of alkyl carbamates (subject to hydrolysis) is 1. The Bertz CT molecular complexity index is 274. The molecule has 0 radical (unpaired) electrons. The molecule has 0 bridgehead atoms. The smallest absolute Gasteiger partial charge is 0.408 e. The van der Waals surface area contributed by atoms with Gasteiger partial charge in [0, 0.05) is 0 Å². The zero-order chi connectivity index (χ0) is 12.6. The van der Waals surface area contributed by atoms with Gasteiger partial charge in [-0.25, -0.2) is 4.79 Å². The summed E-state index contributed by atoms with van der Waals surface area (Å²) in [6, 6.07) is 0. The van der Waals surface area contributed by atoms with E-state index in [9.17, 15) is 4.79 Å². The molecule has 4 heteroatoms. The summed E-state index contributed by atoms with van der Waals surface area (Å²) in [5, 5.41) is 2.61. The normalized spacial score (nSPS) is 12.7. The Labute approximate surface area is 97.3 Å². The first kappa shape index (κ1) is 14.6. The Kier molecular flexibility index (Phi) is 6.30. The number of hydrogen-bond acceptors (Lipinski definition) is 3. The van der Waals surface area contributed by atoms with Crippen molar-refractivity contribution in [3.63, 3.8) is 0 Å². The summed E-state index contributed by atoms with van der Waals surface area (Å²) in [6.07, 6.45) is 5.07. The summed E-state index contributed by atoms with van der Waals surface area (Å²) in [4.78, 5) is 11.3. The molecule has 4 nitrogen and oxygen atoms in total. The van der Waals surface area contributed by atoms with Crippen molar-refractivity contribution in [2.45, 2.75) is 33.3 Å². The van der Waals surface area contributed by atoms with Gasteiger partial charge in [-0.15, -0.1) is 0 Å². The van der Waals surface area contributed by atoms with Crippen molar-refractivity contribution < 1.29 is 14.3 Å². The number of carbonyl (C=O) groups excluding carboxylic acids is 1. The summed E-state index contributed by atoms with van der Waals surface area (Å²) in [5.74, 6) is 0.670. The maximum Gasteiger partial charge on any atom is 0.408 e. The van der Waals surface area contributed by atoms with Crippen molar-refractivity contribution in [3.05, 3.63) is 24.0 Å². The largest absolute Gasteiger partial charge is 0.499 e. The molecule has 0 saturated heterocycles. The fraction of sp³-hybridized carbons (Fsp3) is 0.583. The predicted molar refractivity (Wildman–Crippen MR) is 64.1 cm³/mol. The lowest BCUT2D eigenvalue weighted by atomic mass is 10.2. The van der Waals surface area contributed by atoms with Crippen LogP contribution in [0, 0.1) is 0 Å². The summed E-state index contributed by atoms with van der Waals surface area (Å²) < 4.78 is 10.2. The highest BCUT2D eigenvalue weighted by Crippen LogP contribution is 2.06. The second kappa shape index (κ2) is 6.93. The molecule has 0 aromatic heterocycles. The monoisotopic (exact) mass is 227 g/mol. The van der Waals surface area contributed by atoms with Gasteiger partial charge in [0.05, 0.1) is 13.7 Å². The van der Waals surface area contributed by atoms with Crippen LogP contribution in [0.3, 0.4) is 0 Å². The highest BCUT2D eigenvalue weighted by molar-refractivity contribution is 5.67. The number of amides is 1. The van der Waals surface area contributed by atoms with Gasteiger partial charge < -0.3 is 14.8 Å². The third kappa shape index (κ3) is 7.91. The molecule has 0 rings (SSSR count). The van der Waals surface area contributed by atoms with Gasteiger partial charge in [0.25, 0.3) is 0 Å². The summed E-state index contributed by atoms with van der Waals surface area (Å²) in [6.45, 7) is 7.68. The lowest BCUT2D eigenvalue weighted by Gasteiger charge is -2.19. The van der Waals surface area contributed by atoms with Gasteiger partial charge in [0.15, 0.2) is 0 Å². The molecule has 0 aromatic carbocycles. The minimum absolute atomic E-state index is 0.315. The number of nitrogens with one attached hydrogen (secondary N) is 1. The van der Waals surface area contributed by atoms with E-state index >= 15 is 0 Å². The molecule has 16 heavy (non-hydrogen) atoms. The Morgan fingerprint density at radius 1 is 1.38 bits per heavy atom. The van der Waals surface area contributed by atoms with Crippen LogP contribution in [0.2, 0.25) is 0 Å². The summed E-state index contributed by atoms with van der Waals surface area (Å²) in [5.41, 5.74) is -0.482. The molecule has 0 aliphatic rings. The fourth-order valence-electron chi connectivity index (χ4n) is 0.876. The summed E-state index contributed by atoms with van der Waals surface area (Å²) >= 11 is 0. The molecule has 0 aliphatic carbocycles. The predicted octanol–water partition coefficient (Wildman–Crippen LogP) is 2.62. The van der Waals surface area contributed by atoms with E-state index in [0.29, 0.717) is 12.3 Å². The molecule has 0 aromatic rings. The number of rotatable bonds is 4.